The first-order valence-corrected chi connectivity index (χ1v) is 10.3. The summed E-state index contributed by atoms with van der Waals surface area (Å²) in [6.45, 7) is 1.75. The molecule has 170 valence electrons. The average Bonchev–Trinajstić information content (AvgIpc) is 2.83. The van der Waals surface area contributed by atoms with E-state index in [1.54, 1.807) is 49.6 Å². The molecule has 2 amide bonds. The minimum absolute atomic E-state index is 0.0883. The minimum atomic E-state index is -0.472. The Morgan fingerprint density at radius 3 is 2.33 bits per heavy atom. The van der Waals surface area contributed by atoms with Crippen molar-refractivity contribution in [2.75, 3.05) is 19.5 Å². The number of hydrogen-bond donors (Lipinski definition) is 2. The summed E-state index contributed by atoms with van der Waals surface area (Å²) in [7, 11) is 3.07. The predicted molar refractivity (Wildman–Crippen MR) is 127 cm³/mol. The lowest BCUT2D eigenvalue weighted by Crippen LogP contribution is -2.28. The Hall–Kier alpha value is -4.26. The molecule has 0 aliphatic heterocycles. The van der Waals surface area contributed by atoms with Crippen LogP contribution in [0.2, 0.25) is 0 Å². The number of anilines is 1. The Morgan fingerprint density at radius 1 is 0.879 bits per heavy atom. The summed E-state index contributed by atoms with van der Waals surface area (Å²) in [5.74, 6) is 0.850. The lowest BCUT2D eigenvalue weighted by molar-refractivity contribution is -0.120. The Labute approximate surface area is 193 Å². The molecule has 2 N–H and O–H groups in total. The highest BCUT2D eigenvalue weighted by atomic mass is 16.5. The standard InChI is InChI=1S/C26H26N2O5/c1-18(29)27-23(14-20-12-13-24(31-2)25(15-20)32-3)26(30)28-21-10-7-11-22(16-21)33-17-19-8-5-4-6-9-19/h4-16H,17H2,1-3H3,(H,27,29)(H,28,30)/b23-14+. The molecule has 0 saturated carbocycles. The Morgan fingerprint density at radius 2 is 1.64 bits per heavy atom. The second-order valence-electron chi connectivity index (χ2n) is 7.11. The second-order valence-corrected chi connectivity index (χ2v) is 7.11. The van der Waals surface area contributed by atoms with E-state index < -0.39 is 5.91 Å². The van der Waals surface area contributed by atoms with Crippen LogP contribution in [0.1, 0.15) is 18.1 Å². The Kier molecular flexibility index (Phi) is 8.07. The van der Waals surface area contributed by atoms with Crippen LogP contribution in [0, 0.1) is 0 Å². The molecule has 7 heteroatoms. The topological polar surface area (TPSA) is 85.9 Å². The van der Waals surface area contributed by atoms with Gasteiger partial charge in [-0.05, 0) is 41.5 Å². The first-order valence-electron chi connectivity index (χ1n) is 10.3. The number of nitrogens with one attached hydrogen (secondary N) is 2. The van der Waals surface area contributed by atoms with Gasteiger partial charge in [-0.25, -0.2) is 0 Å². The van der Waals surface area contributed by atoms with E-state index in [1.165, 1.54) is 14.0 Å². The summed E-state index contributed by atoms with van der Waals surface area (Å²) in [5, 5.41) is 5.38. The smallest absolute Gasteiger partial charge is 0.272 e. The van der Waals surface area contributed by atoms with Crippen molar-refractivity contribution in [1.29, 1.82) is 0 Å². The van der Waals surface area contributed by atoms with Gasteiger partial charge >= 0.3 is 0 Å². The summed E-state index contributed by atoms with van der Waals surface area (Å²) in [6.07, 6.45) is 1.56. The third-order valence-electron chi connectivity index (χ3n) is 4.61. The molecular formula is C26H26N2O5. The Bertz CT molecular complexity index is 1140. The maximum absolute atomic E-state index is 12.9. The van der Waals surface area contributed by atoms with Crippen LogP contribution in [0.25, 0.3) is 6.08 Å². The van der Waals surface area contributed by atoms with Crippen molar-refractivity contribution in [1.82, 2.24) is 5.32 Å². The van der Waals surface area contributed by atoms with E-state index in [1.807, 2.05) is 36.4 Å². The van der Waals surface area contributed by atoms with Gasteiger partial charge in [0.15, 0.2) is 11.5 Å². The molecule has 0 heterocycles. The predicted octanol–water partition coefficient (Wildman–Crippen LogP) is 4.40. The van der Waals surface area contributed by atoms with Gasteiger partial charge in [0.25, 0.3) is 5.91 Å². The third-order valence-corrected chi connectivity index (χ3v) is 4.61. The van der Waals surface area contributed by atoms with E-state index in [0.29, 0.717) is 35.1 Å². The Balaban J connectivity index is 1.76. The van der Waals surface area contributed by atoms with Gasteiger partial charge in [-0.1, -0.05) is 42.5 Å². The van der Waals surface area contributed by atoms with Gasteiger partial charge in [0.05, 0.1) is 14.2 Å². The molecule has 0 saturated heterocycles. The van der Waals surface area contributed by atoms with Gasteiger partial charge in [-0.2, -0.15) is 0 Å². The molecular weight excluding hydrogens is 420 g/mol. The molecule has 0 aliphatic carbocycles. The zero-order valence-corrected chi connectivity index (χ0v) is 18.8. The number of rotatable bonds is 9. The molecule has 3 aromatic carbocycles. The van der Waals surface area contributed by atoms with Gasteiger partial charge in [0, 0.05) is 18.7 Å². The zero-order chi connectivity index (χ0) is 23.6. The normalized spacial score (nSPS) is 10.8. The van der Waals surface area contributed by atoms with Crippen LogP contribution in [0.15, 0.2) is 78.5 Å². The number of amides is 2. The molecule has 0 aromatic heterocycles. The summed E-state index contributed by atoms with van der Waals surface area (Å²) in [4.78, 5) is 24.6. The van der Waals surface area contributed by atoms with Crippen molar-refractivity contribution in [2.24, 2.45) is 0 Å². The van der Waals surface area contributed by atoms with Gasteiger partial charge in [-0.3, -0.25) is 9.59 Å². The second kappa shape index (κ2) is 11.4. The first kappa shape index (κ1) is 23.4. The van der Waals surface area contributed by atoms with Gasteiger partial charge in [0.1, 0.15) is 18.1 Å². The van der Waals surface area contributed by atoms with Crippen LogP contribution in [0.4, 0.5) is 5.69 Å². The highest BCUT2D eigenvalue weighted by Gasteiger charge is 2.13. The zero-order valence-electron chi connectivity index (χ0n) is 18.8. The van der Waals surface area contributed by atoms with E-state index in [0.717, 1.165) is 5.56 Å². The summed E-state index contributed by atoms with van der Waals surface area (Å²) < 4.78 is 16.4. The van der Waals surface area contributed by atoms with Gasteiger partial charge in [0.2, 0.25) is 5.91 Å². The van der Waals surface area contributed by atoms with Crippen LogP contribution < -0.4 is 24.8 Å². The quantitative estimate of drug-likeness (QED) is 0.476. The average molecular weight is 447 g/mol. The van der Waals surface area contributed by atoms with Crippen molar-refractivity contribution >= 4 is 23.6 Å². The molecule has 0 aliphatic rings. The number of methoxy groups -OCH3 is 2. The van der Waals surface area contributed by atoms with Crippen LogP contribution in [-0.2, 0) is 16.2 Å². The van der Waals surface area contributed by atoms with Gasteiger partial charge in [-0.15, -0.1) is 0 Å². The number of carbonyl (C=O) groups is 2. The van der Waals surface area contributed by atoms with E-state index in [9.17, 15) is 9.59 Å². The fourth-order valence-corrected chi connectivity index (χ4v) is 3.06. The SMILES string of the molecule is COc1ccc(/C=C(/NC(C)=O)C(=O)Nc2cccc(OCc3ccccc3)c2)cc1OC. The number of hydrogen-bond acceptors (Lipinski definition) is 5. The summed E-state index contributed by atoms with van der Waals surface area (Å²) in [5.41, 5.74) is 2.32. The van der Waals surface area contributed by atoms with Crippen molar-refractivity contribution in [3.05, 3.63) is 89.6 Å². The monoisotopic (exact) mass is 446 g/mol. The van der Waals surface area contributed by atoms with Gasteiger partial charge < -0.3 is 24.8 Å². The fraction of sp³-hybridized carbons (Fsp3) is 0.154. The molecule has 0 bridgehead atoms. The molecule has 0 unspecified atom stereocenters. The molecule has 0 spiro atoms. The number of benzene rings is 3. The van der Waals surface area contributed by atoms with Crippen molar-refractivity contribution in [2.45, 2.75) is 13.5 Å². The fourth-order valence-electron chi connectivity index (χ4n) is 3.06. The first-order chi connectivity index (χ1) is 16.0. The molecule has 33 heavy (non-hydrogen) atoms. The summed E-state index contributed by atoms with van der Waals surface area (Å²) in [6, 6.07) is 22.1. The van der Waals surface area contributed by atoms with Crippen molar-refractivity contribution < 1.29 is 23.8 Å². The molecule has 0 atom stereocenters. The minimum Gasteiger partial charge on any atom is -0.493 e. The third kappa shape index (κ3) is 6.87. The van der Waals surface area contributed by atoms with E-state index in [2.05, 4.69) is 10.6 Å². The molecule has 3 rings (SSSR count). The highest BCUT2D eigenvalue weighted by Crippen LogP contribution is 2.28. The lowest BCUT2D eigenvalue weighted by Gasteiger charge is -2.12. The van der Waals surface area contributed by atoms with Crippen molar-refractivity contribution in [3.63, 3.8) is 0 Å². The lowest BCUT2D eigenvalue weighted by atomic mass is 10.1. The molecule has 3 aromatic rings. The number of carbonyl (C=O) groups excluding carboxylic acids is 2. The van der Waals surface area contributed by atoms with Crippen LogP contribution in [-0.4, -0.2) is 26.0 Å². The number of ether oxygens (including phenoxy) is 3. The maximum Gasteiger partial charge on any atom is 0.272 e. The molecule has 0 fully saturated rings. The van der Waals surface area contributed by atoms with E-state index >= 15 is 0 Å². The molecule has 7 nitrogen and oxygen atoms in total. The van der Waals surface area contributed by atoms with Crippen LogP contribution in [0.5, 0.6) is 17.2 Å². The van der Waals surface area contributed by atoms with E-state index in [4.69, 9.17) is 14.2 Å². The largest absolute Gasteiger partial charge is 0.493 e. The van der Waals surface area contributed by atoms with Crippen LogP contribution in [0.3, 0.4) is 0 Å². The van der Waals surface area contributed by atoms with E-state index in [-0.39, 0.29) is 11.6 Å². The summed E-state index contributed by atoms with van der Waals surface area (Å²) >= 11 is 0. The van der Waals surface area contributed by atoms with Crippen LogP contribution >= 0.6 is 0 Å². The van der Waals surface area contributed by atoms with Crippen molar-refractivity contribution in [3.8, 4) is 17.2 Å². The highest BCUT2D eigenvalue weighted by molar-refractivity contribution is 6.08. The maximum atomic E-state index is 12.9. The molecule has 0 radical (unpaired) electrons.